The molecule has 0 aromatic carbocycles. The number of carbonyl (C=O) groups is 1. The fourth-order valence-electron chi connectivity index (χ4n) is 2.46. The maximum absolute atomic E-state index is 12.4. The van der Waals surface area contributed by atoms with Crippen LogP contribution >= 0.6 is 0 Å². The SMILES string of the molecule is O=C(N1CCN(c2ccc(-c3ccccn3)nn2)CC1)C(F)(F)F. The van der Waals surface area contributed by atoms with Gasteiger partial charge in [-0.25, -0.2) is 0 Å². The summed E-state index contributed by atoms with van der Waals surface area (Å²) in [5, 5.41) is 8.21. The zero-order valence-electron chi connectivity index (χ0n) is 12.6. The number of hydrogen-bond donors (Lipinski definition) is 0. The Kier molecular flexibility index (Phi) is 4.32. The maximum Gasteiger partial charge on any atom is 0.471 e. The predicted molar refractivity (Wildman–Crippen MR) is 80.1 cm³/mol. The summed E-state index contributed by atoms with van der Waals surface area (Å²) < 4.78 is 37.3. The average Bonchev–Trinajstić information content (AvgIpc) is 2.61. The minimum Gasteiger partial charge on any atom is -0.352 e. The lowest BCUT2D eigenvalue weighted by atomic mass is 10.2. The van der Waals surface area contributed by atoms with E-state index in [-0.39, 0.29) is 26.2 Å². The number of amides is 1. The third kappa shape index (κ3) is 3.44. The molecule has 2 aromatic rings. The summed E-state index contributed by atoms with van der Waals surface area (Å²) >= 11 is 0. The minimum atomic E-state index is -4.83. The smallest absolute Gasteiger partial charge is 0.352 e. The van der Waals surface area contributed by atoms with Gasteiger partial charge in [-0.1, -0.05) is 6.07 Å². The van der Waals surface area contributed by atoms with E-state index in [9.17, 15) is 18.0 Å². The van der Waals surface area contributed by atoms with Gasteiger partial charge in [-0.15, -0.1) is 10.2 Å². The van der Waals surface area contributed by atoms with Gasteiger partial charge in [0.05, 0.1) is 5.69 Å². The summed E-state index contributed by atoms with van der Waals surface area (Å²) in [6, 6.07) is 8.96. The molecule has 0 unspecified atom stereocenters. The molecule has 0 spiro atoms. The lowest BCUT2D eigenvalue weighted by Crippen LogP contribution is -2.52. The first-order valence-corrected chi connectivity index (χ1v) is 7.31. The van der Waals surface area contributed by atoms with Crippen molar-refractivity contribution in [1.29, 1.82) is 0 Å². The van der Waals surface area contributed by atoms with Gasteiger partial charge in [0.1, 0.15) is 5.69 Å². The molecule has 0 saturated carbocycles. The second kappa shape index (κ2) is 6.42. The quantitative estimate of drug-likeness (QED) is 0.835. The molecule has 6 nitrogen and oxygen atoms in total. The van der Waals surface area contributed by atoms with E-state index < -0.39 is 12.1 Å². The van der Waals surface area contributed by atoms with Gasteiger partial charge in [0.25, 0.3) is 0 Å². The Balaban J connectivity index is 1.64. The molecule has 1 aliphatic heterocycles. The highest BCUT2D eigenvalue weighted by Crippen LogP contribution is 2.21. The zero-order valence-corrected chi connectivity index (χ0v) is 12.6. The molecule has 3 heterocycles. The lowest BCUT2D eigenvalue weighted by Gasteiger charge is -2.35. The van der Waals surface area contributed by atoms with Crippen molar-refractivity contribution in [3.63, 3.8) is 0 Å². The first-order chi connectivity index (χ1) is 11.4. The second-order valence-corrected chi connectivity index (χ2v) is 5.27. The molecule has 1 saturated heterocycles. The molecule has 3 rings (SSSR count). The Morgan fingerprint density at radius 2 is 1.71 bits per heavy atom. The molecule has 126 valence electrons. The van der Waals surface area contributed by atoms with Crippen molar-refractivity contribution in [2.24, 2.45) is 0 Å². The van der Waals surface area contributed by atoms with E-state index in [0.717, 1.165) is 4.90 Å². The molecule has 9 heteroatoms. The van der Waals surface area contributed by atoms with Crippen LogP contribution in [0.3, 0.4) is 0 Å². The van der Waals surface area contributed by atoms with Crippen LogP contribution in [0.5, 0.6) is 0 Å². The van der Waals surface area contributed by atoms with Crippen LogP contribution in [0.1, 0.15) is 0 Å². The van der Waals surface area contributed by atoms with E-state index in [2.05, 4.69) is 15.2 Å². The van der Waals surface area contributed by atoms with Gasteiger partial charge >= 0.3 is 12.1 Å². The van der Waals surface area contributed by atoms with Gasteiger partial charge < -0.3 is 9.80 Å². The van der Waals surface area contributed by atoms with Crippen molar-refractivity contribution in [3.05, 3.63) is 36.5 Å². The number of aromatic nitrogens is 3. The molecule has 0 aliphatic carbocycles. The summed E-state index contributed by atoms with van der Waals surface area (Å²) in [6.45, 7) is 0.558. The highest BCUT2D eigenvalue weighted by atomic mass is 19.4. The number of anilines is 1. The third-order valence-corrected chi connectivity index (χ3v) is 3.71. The summed E-state index contributed by atoms with van der Waals surface area (Å²) in [7, 11) is 0. The first kappa shape index (κ1) is 16.2. The van der Waals surface area contributed by atoms with Crippen molar-refractivity contribution in [2.75, 3.05) is 31.1 Å². The van der Waals surface area contributed by atoms with Crippen LogP contribution in [-0.4, -0.2) is 58.3 Å². The number of nitrogens with zero attached hydrogens (tertiary/aromatic N) is 5. The van der Waals surface area contributed by atoms with E-state index in [1.54, 1.807) is 29.3 Å². The van der Waals surface area contributed by atoms with Crippen LogP contribution in [0.15, 0.2) is 36.5 Å². The summed E-state index contributed by atoms with van der Waals surface area (Å²) in [6.07, 6.45) is -3.17. The van der Waals surface area contributed by atoms with Crippen LogP contribution in [0, 0.1) is 0 Å². The van der Waals surface area contributed by atoms with Crippen LogP contribution in [-0.2, 0) is 4.79 Å². The molecule has 0 radical (unpaired) electrons. The summed E-state index contributed by atoms with van der Waals surface area (Å²) in [5.74, 6) is -1.23. The topological polar surface area (TPSA) is 62.2 Å². The van der Waals surface area contributed by atoms with E-state index in [0.29, 0.717) is 17.2 Å². The predicted octanol–water partition coefficient (Wildman–Crippen LogP) is 1.75. The highest BCUT2D eigenvalue weighted by Gasteiger charge is 2.43. The van der Waals surface area contributed by atoms with Gasteiger partial charge in [0.15, 0.2) is 5.82 Å². The highest BCUT2D eigenvalue weighted by molar-refractivity contribution is 5.82. The Morgan fingerprint density at radius 1 is 0.958 bits per heavy atom. The van der Waals surface area contributed by atoms with E-state index in [4.69, 9.17) is 0 Å². The number of hydrogen-bond acceptors (Lipinski definition) is 5. The van der Waals surface area contributed by atoms with Crippen molar-refractivity contribution in [1.82, 2.24) is 20.1 Å². The number of pyridine rings is 1. The molecule has 1 fully saturated rings. The molecule has 0 atom stereocenters. The molecular weight excluding hydrogens is 323 g/mol. The summed E-state index contributed by atoms with van der Waals surface area (Å²) in [5.41, 5.74) is 1.31. The molecular formula is C15H14F3N5O. The van der Waals surface area contributed by atoms with Gasteiger partial charge in [-0.05, 0) is 24.3 Å². The van der Waals surface area contributed by atoms with Crippen molar-refractivity contribution < 1.29 is 18.0 Å². The van der Waals surface area contributed by atoms with E-state index >= 15 is 0 Å². The minimum absolute atomic E-state index is 0.00200. The van der Waals surface area contributed by atoms with Crippen molar-refractivity contribution in [3.8, 4) is 11.4 Å². The van der Waals surface area contributed by atoms with E-state index in [1.165, 1.54) is 0 Å². The average molecular weight is 337 g/mol. The zero-order chi connectivity index (χ0) is 17.2. The molecule has 1 aliphatic rings. The van der Waals surface area contributed by atoms with Crippen LogP contribution in [0.4, 0.5) is 19.0 Å². The monoisotopic (exact) mass is 337 g/mol. The van der Waals surface area contributed by atoms with Gasteiger partial charge in [0.2, 0.25) is 0 Å². The molecule has 0 bridgehead atoms. The van der Waals surface area contributed by atoms with Gasteiger partial charge in [0, 0.05) is 32.4 Å². The molecule has 0 N–H and O–H groups in total. The molecule has 1 amide bonds. The first-order valence-electron chi connectivity index (χ1n) is 7.31. The third-order valence-electron chi connectivity index (χ3n) is 3.71. The molecule has 2 aromatic heterocycles. The van der Waals surface area contributed by atoms with Crippen LogP contribution in [0.2, 0.25) is 0 Å². The Hall–Kier alpha value is -2.71. The number of halogens is 3. The number of rotatable bonds is 2. The number of piperazine rings is 1. The summed E-state index contributed by atoms with van der Waals surface area (Å²) in [4.78, 5) is 18.0. The Labute approximate surface area is 135 Å². The fraction of sp³-hybridized carbons (Fsp3) is 0.333. The van der Waals surface area contributed by atoms with E-state index in [1.807, 2.05) is 12.1 Å². The number of alkyl halides is 3. The van der Waals surface area contributed by atoms with Crippen LogP contribution < -0.4 is 4.90 Å². The standard InChI is InChI=1S/C15H14F3N5O/c16-15(17,18)14(24)23-9-7-22(8-10-23)13-5-4-12(20-21-13)11-3-1-2-6-19-11/h1-6H,7-10H2. The normalized spacial score (nSPS) is 15.5. The van der Waals surface area contributed by atoms with Crippen LogP contribution in [0.25, 0.3) is 11.4 Å². The van der Waals surface area contributed by atoms with Gasteiger partial charge in [-0.3, -0.25) is 9.78 Å². The maximum atomic E-state index is 12.4. The fourth-order valence-corrected chi connectivity index (χ4v) is 2.46. The Bertz CT molecular complexity index is 697. The second-order valence-electron chi connectivity index (χ2n) is 5.27. The largest absolute Gasteiger partial charge is 0.471 e. The lowest BCUT2D eigenvalue weighted by molar-refractivity contribution is -0.185. The van der Waals surface area contributed by atoms with Crippen molar-refractivity contribution in [2.45, 2.75) is 6.18 Å². The number of carbonyl (C=O) groups excluding carboxylic acids is 1. The molecule has 24 heavy (non-hydrogen) atoms. The Morgan fingerprint density at radius 3 is 2.25 bits per heavy atom. The van der Waals surface area contributed by atoms with Gasteiger partial charge in [-0.2, -0.15) is 13.2 Å². The van der Waals surface area contributed by atoms with Crippen molar-refractivity contribution >= 4 is 11.7 Å².